The zero-order valence-electron chi connectivity index (χ0n) is 7.69. The quantitative estimate of drug-likeness (QED) is 0.690. The van der Waals surface area contributed by atoms with Crippen LogP contribution in [0.4, 0.5) is 0 Å². The first-order valence-electron chi connectivity index (χ1n) is 3.93. The van der Waals surface area contributed by atoms with E-state index in [0.29, 0.717) is 0 Å². The van der Waals surface area contributed by atoms with Gasteiger partial charge in [0.25, 0.3) is 0 Å². The lowest BCUT2D eigenvalue weighted by Crippen LogP contribution is -2.48. The number of aryl methyl sites for hydroxylation is 1. The molecular formula is C8H13N3O2. The number of aromatic nitrogens is 2. The molecule has 3 N–H and O–H groups in total. The van der Waals surface area contributed by atoms with Crippen LogP contribution in [0.1, 0.15) is 12.5 Å². The Balaban J connectivity index is 2.74. The Morgan fingerprint density at radius 3 is 2.85 bits per heavy atom. The van der Waals surface area contributed by atoms with Crippen molar-refractivity contribution in [3.05, 3.63) is 18.0 Å². The molecule has 0 aliphatic rings. The molecule has 0 aliphatic carbocycles. The Hall–Kier alpha value is -1.36. The highest BCUT2D eigenvalue weighted by atomic mass is 16.4. The van der Waals surface area contributed by atoms with Crippen LogP contribution in [0.15, 0.2) is 12.4 Å². The average Bonchev–Trinajstić information content (AvgIpc) is 2.34. The molecule has 0 bridgehead atoms. The van der Waals surface area contributed by atoms with Crippen molar-refractivity contribution in [2.45, 2.75) is 25.9 Å². The van der Waals surface area contributed by atoms with Gasteiger partial charge >= 0.3 is 5.97 Å². The van der Waals surface area contributed by atoms with Gasteiger partial charge in [-0.1, -0.05) is 0 Å². The van der Waals surface area contributed by atoms with E-state index < -0.39 is 11.5 Å². The summed E-state index contributed by atoms with van der Waals surface area (Å²) in [7, 11) is 0. The number of aliphatic carboxylic acids is 1. The van der Waals surface area contributed by atoms with E-state index in [1.165, 1.54) is 11.6 Å². The van der Waals surface area contributed by atoms with E-state index in [9.17, 15) is 4.79 Å². The summed E-state index contributed by atoms with van der Waals surface area (Å²) < 4.78 is 1.53. The van der Waals surface area contributed by atoms with Crippen LogP contribution in [0.25, 0.3) is 0 Å². The van der Waals surface area contributed by atoms with E-state index >= 15 is 0 Å². The minimum Gasteiger partial charge on any atom is -0.480 e. The molecule has 1 aromatic heterocycles. The van der Waals surface area contributed by atoms with Crippen molar-refractivity contribution in [2.24, 2.45) is 5.73 Å². The van der Waals surface area contributed by atoms with Crippen LogP contribution >= 0.6 is 0 Å². The van der Waals surface area contributed by atoms with Gasteiger partial charge in [-0.25, -0.2) is 0 Å². The molecule has 0 saturated heterocycles. The normalized spacial score (nSPS) is 15.3. The second-order valence-corrected chi connectivity index (χ2v) is 3.44. The molecule has 0 aromatic carbocycles. The highest BCUT2D eigenvalue weighted by Gasteiger charge is 2.28. The standard InChI is InChI=1S/C8H13N3O2/c1-6-3-10-11(4-6)5-8(2,9)7(12)13/h3-4H,5,9H2,1-2H3,(H,12,13). The van der Waals surface area contributed by atoms with E-state index in [0.717, 1.165) is 5.56 Å². The predicted molar refractivity (Wildman–Crippen MR) is 47.2 cm³/mol. The average molecular weight is 183 g/mol. The molecule has 0 spiro atoms. The van der Waals surface area contributed by atoms with Crippen LogP contribution in [0, 0.1) is 6.92 Å². The highest BCUT2D eigenvalue weighted by molar-refractivity contribution is 5.77. The molecule has 1 aromatic rings. The van der Waals surface area contributed by atoms with Gasteiger partial charge in [-0.15, -0.1) is 0 Å². The molecule has 0 amide bonds. The summed E-state index contributed by atoms with van der Waals surface area (Å²) in [6.07, 6.45) is 3.42. The predicted octanol–water partition coefficient (Wildman–Crippen LogP) is -0.00648. The Labute approximate surface area is 76.2 Å². The largest absolute Gasteiger partial charge is 0.480 e. The molecule has 1 unspecified atom stereocenters. The third kappa shape index (κ3) is 2.29. The zero-order valence-corrected chi connectivity index (χ0v) is 7.69. The van der Waals surface area contributed by atoms with Gasteiger partial charge in [0.1, 0.15) is 5.54 Å². The number of hydrogen-bond donors (Lipinski definition) is 2. The van der Waals surface area contributed by atoms with Crippen LogP contribution in [-0.4, -0.2) is 26.4 Å². The van der Waals surface area contributed by atoms with E-state index in [4.69, 9.17) is 10.8 Å². The van der Waals surface area contributed by atoms with Crippen molar-refractivity contribution < 1.29 is 9.90 Å². The number of rotatable bonds is 3. The molecule has 0 radical (unpaired) electrons. The van der Waals surface area contributed by atoms with Gasteiger partial charge in [-0.3, -0.25) is 9.48 Å². The molecule has 5 nitrogen and oxygen atoms in total. The van der Waals surface area contributed by atoms with Crippen LogP contribution < -0.4 is 5.73 Å². The lowest BCUT2D eigenvalue weighted by atomic mass is 10.1. The zero-order chi connectivity index (χ0) is 10.1. The molecule has 0 aliphatic heterocycles. The Morgan fingerprint density at radius 2 is 2.46 bits per heavy atom. The third-order valence-corrected chi connectivity index (χ3v) is 1.74. The highest BCUT2D eigenvalue weighted by Crippen LogP contribution is 2.04. The second-order valence-electron chi connectivity index (χ2n) is 3.44. The number of hydrogen-bond acceptors (Lipinski definition) is 3. The van der Waals surface area contributed by atoms with Crippen LogP contribution in [0.5, 0.6) is 0 Å². The van der Waals surface area contributed by atoms with Crippen molar-refractivity contribution in [2.75, 3.05) is 0 Å². The fraction of sp³-hybridized carbons (Fsp3) is 0.500. The maximum Gasteiger partial charge on any atom is 0.325 e. The SMILES string of the molecule is Cc1cnn(CC(C)(N)C(=O)O)c1. The number of nitrogens with two attached hydrogens (primary N) is 1. The molecule has 1 rings (SSSR count). The Kier molecular flexibility index (Phi) is 2.38. The molecular weight excluding hydrogens is 170 g/mol. The van der Waals surface area contributed by atoms with E-state index in [-0.39, 0.29) is 6.54 Å². The van der Waals surface area contributed by atoms with Crippen molar-refractivity contribution >= 4 is 5.97 Å². The van der Waals surface area contributed by atoms with Crippen molar-refractivity contribution in [3.8, 4) is 0 Å². The fourth-order valence-electron chi connectivity index (χ4n) is 0.958. The summed E-state index contributed by atoms with van der Waals surface area (Å²) >= 11 is 0. The first kappa shape index (κ1) is 9.73. The van der Waals surface area contributed by atoms with Gasteiger partial charge < -0.3 is 10.8 Å². The molecule has 5 heteroatoms. The molecule has 0 saturated carbocycles. The van der Waals surface area contributed by atoms with E-state index in [2.05, 4.69) is 5.10 Å². The molecule has 1 heterocycles. The van der Waals surface area contributed by atoms with Gasteiger partial charge in [-0.05, 0) is 19.4 Å². The van der Waals surface area contributed by atoms with Gasteiger partial charge in [0.05, 0.1) is 12.7 Å². The first-order chi connectivity index (χ1) is 5.92. The molecule has 13 heavy (non-hydrogen) atoms. The summed E-state index contributed by atoms with van der Waals surface area (Å²) in [6, 6.07) is 0. The van der Waals surface area contributed by atoms with Crippen molar-refractivity contribution in [1.82, 2.24) is 9.78 Å². The minimum atomic E-state index is -1.27. The molecule has 72 valence electrons. The third-order valence-electron chi connectivity index (χ3n) is 1.74. The van der Waals surface area contributed by atoms with Crippen molar-refractivity contribution in [3.63, 3.8) is 0 Å². The fourth-order valence-corrected chi connectivity index (χ4v) is 0.958. The summed E-state index contributed by atoms with van der Waals surface area (Å²) in [5.74, 6) is -1.03. The smallest absolute Gasteiger partial charge is 0.325 e. The van der Waals surface area contributed by atoms with E-state index in [1.54, 1.807) is 12.4 Å². The molecule has 1 atom stereocenters. The topological polar surface area (TPSA) is 81.1 Å². The maximum atomic E-state index is 10.7. The summed E-state index contributed by atoms with van der Waals surface area (Å²) in [5, 5.41) is 12.7. The summed E-state index contributed by atoms with van der Waals surface area (Å²) in [6.45, 7) is 3.53. The van der Waals surface area contributed by atoms with Gasteiger partial charge in [0, 0.05) is 6.20 Å². The van der Waals surface area contributed by atoms with Gasteiger partial charge in [0.2, 0.25) is 0 Å². The number of carboxylic acids is 1. The van der Waals surface area contributed by atoms with E-state index in [1.807, 2.05) is 6.92 Å². The van der Waals surface area contributed by atoms with Crippen LogP contribution in [-0.2, 0) is 11.3 Å². The lowest BCUT2D eigenvalue weighted by Gasteiger charge is -2.18. The molecule has 0 fully saturated rings. The number of nitrogens with zero attached hydrogens (tertiary/aromatic N) is 2. The first-order valence-corrected chi connectivity index (χ1v) is 3.93. The van der Waals surface area contributed by atoms with Crippen LogP contribution in [0.2, 0.25) is 0 Å². The van der Waals surface area contributed by atoms with Gasteiger partial charge in [0.15, 0.2) is 0 Å². The van der Waals surface area contributed by atoms with Crippen molar-refractivity contribution in [1.29, 1.82) is 0 Å². The number of carbonyl (C=O) groups is 1. The summed E-state index contributed by atoms with van der Waals surface area (Å²) in [4.78, 5) is 10.7. The van der Waals surface area contributed by atoms with Crippen LogP contribution in [0.3, 0.4) is 0 Å². The lowest BCUT2D eigenvalue weighted by molar-refractivity contribution is -0.143. The maximum absolute atomic E-state index is 10.7. The Morgan fingerprint density at radius 1 is 1.85 bits per heavy atom. The Bertz CT molecular complexity index is 317. The van der Waals surface area contributed by atoms with Gasteiger partial charge in [-0.2, -0.15) is 5.10 Å². The minimum absolute atomic E-state index is 0.177. The summed E-state index contributed by atoms with van der Waals surface area (Å²) in [5.41, 5.74) is 5.26. The second kappa shape index (κ2) is 3.18. The monoisotopic (exact) mass is 183 g/mol. The number of carboxylic acid groups (broad SMARTS) is 1.